The van der Waals surface area contributed by atoms with Crippen LogP contribution in [0.5, 0.6) is 0 Å². The molecule has 43 heavy (non-hydrogen) atoms. The number of aryl methyl sites for hydroxylation is 1. The third-order valence-corrected chi connectivity index (χ3v) is 7.73. The number of nitrogens with zero attached hydrogens (tertiary/aromatic N) is 2. The van der Waals surface area contributed by atoms with E-state index in [1.165, 1.54) is 6.07 Å². The summed E-state index contributed by atoms with van der Waals surface area (Å²) in [5.74, 6) is -1.53. The molecule has 7 nitrogen and oxygen atoms in total. The molecule has 0 aromatic heterocycles. The molecular formula is C30H30F6N2O5. The molecule has 1 amide bonds. The number of carboxylic acids is 1. The van der Waals surface area contributed by atoms with Gasteiger partial charge >= 0.3 is 18.3 Å². The summed E-state index contributed by atoms with van der Waals surface area (Å²) in [7, 11) is 0. The van der Waals surface area contributed by atoms with Gasteiger partial charge in [0.05, 0.1) is 37.3 Å². The Labute approximate surface area is 243 Å². The molecule has 0 bridgehead atoms. The summed E-state index contributed by atoms with van der Waals surface area (Å²) < 4.78 is 78.9. The molecule has 1 saturated heterocycles. The second kappa shape index (κ2) is 12.5. The molecule has 1 heterocycles. The number of fused-ring (bicyclic) bond motifs is 1. The molecular weight excluding hydrogens is 582 g/mol. The maximum atomic E-state index is 13.4. The van der Waals surface area contributed by atoms with Gasteiger partial charge in [0.15, 0.2) is 5.78 Å². The van der Waals surface area contributed by atoms with E-state index in [1.807, 2.05) is 0 Å². The zero-order chi connectivity index (χ0) is 31.6. The van der Waals surface area contributed by atoms with Crippen LogP contribution in [-0.4, -0.2) is 58.5 Å². The van der Waals surface area contributed by atoms with Crippen molar-refractivity contribution in [3.63, 3.8) is 0 Å². The van der Waals surface area contributed by atoms with Crippen molar-refractivity contribution in [2.45, 2.75) is 57.4 Å². The molecule has 1 aliphatic heterocycles. The number of alkyl halides is 6. The highest BCUT2D eigenvalue weighted by Gasteiger charge is 2.37. The van der Waals surface area contributed by atoms with E-state index in [0.717, 1.165) is 6.08 Å². The van der Waals surface area contributed by atoms with Crippen LogP contribution in [0.1, 0.15) is 70.3 Å². The summed E-state index contributed by atoms with van der Waals surface area (Å²) in [6.45, 7) is 0.978. The molecule has 4 rings (SSSR count). The van der Waals surface area contributed by atoms with E-state index in [9.17, 15) is 45.9 Å². The molecule has 0 radical (unpaired) electrons. The van der Waals surface area contributed by atoms with Gasteiger partial charge in [-0.3, -0.25) is 14.4 Å². The molecule has 1 aliphatic carbocycles. The zero-order valence-electron chi connectivity index (χ0n) is 23.1. The molecule has 2 aromatic carbocycles. The summed E-state index contributed by atoms with van der Waals surface area (Å²) in [5, 5.41) is 22.1. The molecule has 13 heteroatoms. The largest absolute Gasteiger partial charge is 0.632 e. The van der Waals surface area contributed by atoms with E-state index in [0.29, 0.717) is 42.5 Å². The van der Waals surface area contributed by atoms with Gasteiger partial charge in [-0.25, -0.2) is 0 Å². The summed E-state index contributed by atoms with van der Waals surface area (Å²) in [6, 6.07) is 6.07. The lowest BCUT2D eigenvalue weighted by molar-refractivity contribution is -0.897. The van der Waals surface area contributed by atoms with Crippen LogP contribution in [0.25, 0.3) is 6.08 Å². The molecule has 0 unspecified atom stereocenters. The number of hydroxylamine groups is 3. The van der Waals surface area contributed by atoms with E-state index >= 15 is 0 Å². The number of quaternary nitrogens is 1. The summed E-state index contributed by atoms with van der Waals surface area (Å²) in [4.78, 5) is 37.7. The molecule has 1 N–H and O–H groups in total. The van der Waals surface area contributed by atoms with Crippen molar-refractivity contribution >= 4 is 23.7 Å². The average molecular weight is 613 g/mol. The van der Waals surface area contributed by atoms with E-state index < -0.39 is 39.9 Å². The smallest absolute Gasteiger partial charge is 0.416 e. The van der Waals surface area contributed by atoms with Crippen molar-refractivity contribution in [2.75, 3.05) is 26.2 Å². The van der Waals surface area contributed by atoms with Crippen molar-refractivity contribution in [3.05, 3.63) is 80.6 Å². The third kappa shape index (κ3) is 8.23. The van der Waals surface area contributed by atoms with Gasteiger partial charge in [0, 0.05) is 29.5 Å². The number of halogens is 6. The molecule has 1 fully saturated rings. The normalized spacial score (nSPS) is 18.1. The number of rotatable bonds is 8. The first-order valence-electron chi connectivity index (χ1n) is 13.8. The number of hydrogen-bond acceptors (Lipinski definition) is 4. The lowest BCUT2D eigenvalue weighted by atomic mass is 9.85. The second-order valence-electron chi connectivity index (χ2n) is 11.0. The number of carboxylic acid groups (broad SMARTS) is 1. The number of piperazine rings is 1. The minimum Gasteiger partial charge on any atom is -0.632 e. The monoisotopic (exact) mass is 612 g/mol. The fourth-order valence-electron chi connectivity index (χ4n) is 5.41. The van der Waals surface area contributed by atoms with Crippen molar-refractivity contribution < 1.29 is 50.5 Å². The van der Waals surface area contributed by atoms with Gasteiger partial charge < -0.3 is 19.9 Å². The van der Waals surface area contributed by atoms with E-state index in [2.05, 4.69) is 0 Å². The number of Topliss-reactive ketones (excluding diaryl/α,β-unsaturated/α-hetero) is 1. The van der Waals surface area contributed by atoms with Crippen LogP contribution in [-0.2, 0) is 34.9 Å². The van der Waals surface area contributed by atoms with Crippen LogP contribution >= 0.6 is 0 Å². The molecule has 0 saturated carbocycles. The number of hydrogen-bond donors (Lipinski definition) is 1. The first-order valence-corrected chi connectivity index (χ1v) is 13.8. The fourth-order valence-corrected chi connectivity index (χ4v) is 5.41. The van der Waals surface area contributed by atoms with Crippen LogP contribution in [0, 0.1) is 5.21 Å². The Kier molecular flexibility index (Phi) is 9.36. The molecule has 232 valence electrons. The topological polar surface area (TPSA) is 97.7 Å². The van der Waals surface area contributed by atoms with E-state index in [1.54, 1.807) is 17.0 Å². The van der Waals surface area contributed by atoms with Crippen LogP contribution in [0.2, 0.25) is 0 Å². The molecule has 0 atom stereocenters. The van der Waals surface area contributed by atoms with Crippen molar-refractivity contribution in [2.24, 2.45) is 0 Å². The highest BCUT2D eigenvalue weighted by molar-refractivity contribution is 6.13. The number of carbonyl (C=O) groups excluding carboxylic acids is 2. The van der Waals surface area contributed by atoms with E-state index in [4.69, 9.17) is 5.11 Å². The molecule has 0 spiro atoms. The predicted molar refractivity (Wildman–Crippen MR) is 143 cm³/mol. The summed E-state index contributed by atoms with van der Waals surface area (Å²) in [6.07, 6.45) is -7.44. The number of allylic oxidation sites excluding steroid dienone is 1. The van der Waals surface area contributed by atoms with Gasteiger partial charge in [-0.1, -0.05) is 12.1 Å². The number of benzene rings is 2. The lowest BCUT2D eigenvalue weighted by Gasteiger charge is -2.48. The Morgan fingerprint density at radius 1 is 0.907 bits per heavy atom. The first-order chi connectivity index (χ1) is 20.0. The maximum absolute atomic E-state index is 13.4. The van der Waals surface area contributed by atoms with Crippen molar-refractivity contribution in [3.8, 4) is 0 Å². The molecule has 2 aromatic rings. The summed E-state index contributed by atoms with van der Waals surface area (Å²) >= 11 is 0. The van der Waals surface area contributed by atoms with Crippen molar-refractivity contribution in [1.82, 2.24) is 4.90 Å². The van der Waals surface area contributed by atoms with Gasteiger partial charge in [0.25, 0.3) is 0 Å². The average Bonchev–Trinajstić information content (AvgIpc) is 2.91. The standard InChI is InChI=1S/C30H30F6N2O5/c31-29(32,33)23-15-20(16-24(17-23)30(34,35)36)14-22-7-6-21-13-19(5-8-25(21)28(22)42)18-38(43)11-9-37(10-12-38)26(39)3-1-2-4-27(40)41/h5,8,13-17H,1-4,6-7,9-12,18H2,(H,40,41)/b22-14+. The third-order valence-electron chi connectivity index (χ3n) is 7.73. The fraction of sp³-hybridized carbons (Fsp3) is 0.433. The molecule has 2 aliphatic rings. The maximum Gasteiger partial charge on any atom is 0.416 e. The highest BCUT2D eigenvalue weighted by Crippen LogP contribution is 2.37. The van der Waals surface area contributed by atoms with Gasteiger partial charge in [0.2, 0.25) is 5.91 Å². The SMILES string of the molecule is O=C(O)CCCCC(=O)N1CC[N+]([O-])(Cc2ccc3c(c2)CC/C(=C\c2cc(C(F)(F)F)cc(C(F)(F)F)c2)C3=O)CC1. The van der Waals surface area contributed by atoms with Gasteiger partial charge in [0.1, 0.15) is 6.54 Å². The van der Waals surface area contributed by atoms with Crippen LogP contribution < -0.4 is 0 Å². The highest BCUT2D eigenvalue weighted by atomic mass is 19.4. The predicted octanol–water partition coefficient (Wildman–Crippen LogP) is 6.24. The van der Waals surface area contributed by atoms with Crippen LogP contribution in [0.15, 0.2) is 42.0 Å². The zero-order valence-corrected chi connectivity index (χ0v) is 23.1. The van der Waals surface area contributed by atoms with E-state index in [-0.39, 0.29) is 80.7 Å². The van der Waals surface area contributed by atoms with Crippen molar-refractivity contribution in [1.29, 1.82) is 0 Å². The van der Waals surface area contributed by atoms with Gasteiger partial charge in [-0.15, -0.1) is 0 Å². The lowest BCUT2D eigenvalue weighted by Crippen LogP contribution is -2.56. The number of amides is 1. The minimum absolute atomic E-state index is 0.00353. The van der Waals surface area contributed by atoms with Gasteiger partial charge in [-0.2, -0.15) is 26.3 Å². The second-order valence-corrected chi connectivity index (χ2v) is 11.0. The summed E-state index contributed by atoms with van der Waals surface area (Å²) in [5.41, 5.74) is -1.61. The Balaban J connectivity index is 1.42. The number of unbranched alkanes of at least 4 members (excludes halogenated alkanes) is 1. The van der Waals surface area contributed by atoms with Crippen LogP contribution in [0.4, 0.5) is 26.3 Å². The van der Waals surface area contributed by atoms with Gasteiger partial charge in [-0.05, 0) is 67.2 Å². The Morgan fingerprint density at radius 2 is 1.51 bits per heavy atom. The number of aliphatic carboxylic acids is 1. The first kappa shape index (κ1) is 32.2. The number of ketones is 1. The quantitative estimate of drug-likeness (QED) is 0.125. The van der Waals surface area contributed by atoms with Crippen LogP contribution in [0.3, 0.4) is 0 Å². The Bertz CT molecular complexity index is 1390. The Hall–Kier alpha value is -3.71. The minimum atomic E-state index is -5.00. The number of carbonyl (C=O) groups is 3. The Morgan fingerprint density at radius 3 is 2.09 bits per heavy atom.